The summed E-state index contributed by atoms with van der Waals surface area (Å²) in [5, 5.41) is 0.323. The zero-order chi connectivity index (χ0) is 12.3. The number of aldehydes is 1. The number of carbonyl (C=O) groups excluding carboxylic acids is 1. The molecule has 0 spiro atoms. The van der Waals surface area contributed by atoms with E-state index in [0.29, 0.717) is 10.6 Å². The van der Waals surface area contributed by atoms with E-state index in [0.717, 1.165) is 11.8 Å². The fourth-order valence-electron chi connectivity index (χ4n) is 1.75. The molecule has 0 aliphatic heterocycles. The third kappa shape index (κ3) is 2.53. The molecule has 0 heterocycles. The molecule has 0 saturated heterocycles. The number of benzene rings is 2. The highest BCUT2D eigenvalue weighted by Crippen LogP contribution is 2.26. The lowest BCUT2D eigenvalue weighted by Gasteiger charge is -2.12. The summed E-state index contributed by atoms with van der Waals surface area (Å²) in [6.45, 7) is 0. The van der Waals surface area contributed by atoms with Crippen molar-refractivity contribution >= 4 is 17.9 Å². The number of hydrogen-bond donors (Lipinski definition) is 0. The van der Waals surface area contributed by atoms with Gasteiger partial charge in [-0.05, 0) is 17.7 Å². The second-order valence-electron chi connectivity index (χ2n) is 3.69. The van der Waals surface area contributed by atoms with E-state index in [1.807, 2.05) is 18.2 Å². The summed E-state index contributed by atoms with van der Waals surface area (Å²) < 4.78 is 13.7. The van der Waals surface area contributed by atoms with Crippen molar-refractivity contribution in [3.05, 3.63) is 70.5 Å². The highest BCUT2D eigenvalue weighted by molar-refractivity contribution is 6.30. The Hall–Kier alpha value is -1.67. The maximum atomic E-state index is 13.7. The number of carbonyl (C=O) groups is 1. The Kier molecular flexibility index (Phi) is 3.55. The Balaban J connectivity index is 2.46. The molecule has 1 atom stereocenters. The summed E-state index contributed by atoms with van der Waals surface area (Å²) in [6, 6.07) is 13.4. The summed E-state index contributed by atoms with van der Waals surface area (Å²) in [4.78, 5) is 11.1. The molecule has 86 valence electrons. The second-order valence-corrected chi connectivity index (χ2v) is 4.13. The first-order chi connectivity index (χ1) is 8.22. The molecule has 0 aromatic heterocycles. The monoisotopic (exact) mass is 248 g/mol. The molecular weight excluding hydrogens is 239 g/mol. The highest BCUT2D eigenvalue weighted by Gasteiger charge is 2.16. The number of halogens is 2. The van der Waals surface area contributed by atoms with E-state index >= 15 is 0 Å². The Morgan fingerprint density at radius 2 is 1.82 bits per heavy atom. The van der Waals surface area contributed by atoms with Crippen LogP contribution in [0.25, 0.3) is 0 Å². The van der Waals surface area contributed by atoms with Crippen LogP contribution >= 0.6 is 11.6 Å². The highest BCUT2D eigenvalue weighted by atomic mass is 35.5. The van der Waals surface area contributed by atoms with Crippen molar-refractivity contribution in [3.63, 3.8) is 0 Å². The van der Waals surface area contributed by atoms with Gasteiger partial charge in [-0.3, -0.25) is 0 Å². The molecule has 2 aromatic carbocycles. The molecule has 17 heavy (non-hydrogen) atoms. The van der Waals surface area contributed by atoms with Crippen molar-refractivity contribution in [2.45, 2.75) is 5.92 Å². The minimum Gasteiger partial charge on any atom is -0.302 e. The van der Waals surface area contributed by atoms with Crippen molar-refractivity contribution in [1.29, 1.82) is 0 Å². The van der Waals surface area contributed by atoms with E-state index in [1.54, 1.807) is 24.3 Å². The molecule has 3 heteroatoms. The van der Waals surface area contributed by atoms with E-state index in [2.05, 4.69) is 0 Å². The zero-order valence-corrected chi connectivity index (χ0v) is 9.69. The average molecular weight is 249 g/mol. The van der Waals surface area contributed by atoms with Gasteiger partial charge in [0.05, 0.1) is 5.92 Å². The van der Waals surface area contributed by atoms with Gasteiger partial charge < -0.3 is 4.79 Å². The van der Waals surface area contributed by atoms with E-state index in [4.69, 9.17) is 11.6 Å². The number of rotatable bonds is 3. The summed E-state index contributed by atoms with van der Waals surface area (Å²) in [6.07, 6.45) is 0.738. The van der Waals surface area contributed by atoms with E-state index < -0.39 is 11.7 Å². The average Bonchev–Trinajstić information content (AvgIpc) is 2.34. The maximum Gasteiger partial charge on any atom is 0.131 e. The Labute approximate surface area is 104 Å². The van der Waals surface area contributed by atoms with Crippen molar-refractivity contribution in [1.82, 2.24) is 0 Å². The van der Waals surface area contributed by atoms with Crippen molar-refractivity contribution < 1.29 is 9.18 Å². The van der Waals surface area contributed by atoms with Crippen LogP contribution in [-0.4, -0.2) is 6.29 Å². The molecule has 0 N–H and O–H groups in total. The van der Waals surface area contributed by atoms with Crippen LogP contribution in [0.1, 0.15) is 17.0 Å². The fraction of sp³-hybridized carbons (Fsp3) is 0.0714. The lowest BCUT2D eigenvalue weighted by Crippen LogP contribution is -2.04. The molecule has 2 aromatic rings. The minimum absolute atomic E-state index is 0.323. The van der Waals surface area contributed by atoms with Crippen molar-refractivity contribution in [3.8, 4) is 0 Å². The van der Waals surface area contributed by atoms with Crippen LogP contribution in [0.15, 0.2) is 48.5 Å². The first kappa shape index (κ1) is 11.8. The summed E-state index contributed by atoms with van der Waals surface area (Å²) in [7, 11) is 0. The first-order valence-electron chi connectivity index (χ1n) is 5.17. The molecule has 0 fully saturated rings. The molecule has 0 bridgehead atoms. The summed E-state index contributed by atoms with van der Waals surface area (Å²) in [5.41, 5.74) is 1.11. The lowest BCUT2D eigenvalue weighted by molar-refractivity contribution is -0.108. The summed E-state index contributed by atoms with van der Waals surface area (Å²) in [5.74, 6) is -1.05. The van der Waals surface area contributed by atoms with Crippen molar-refractivity contribution in [2.24, 2.45) is 0 Å². The Morgan fingerprint density at radius 1 is 1.12 bits per heavy atom. The maximum absolute atomic E-state index is 13.7. The molecule has 1 unspecified atom stereocenters. The Morgan fingerprint density at radius 3 is 2.41 bits per heavy atom. The molecule has 1 nitrogen and oxygen atoms in total. The predicted molar refractivity (Wildman–Crippen MR) is 65.8 cm³/mol. The van der Waals surface area contributed by atoms with Crippen LogP contribution in [0, 0.1) is 5.82 Å². The van der Waals surface area contributed by atoms with Crippen LogP contribution in [0.5, 0.6) is 0 Å². The van der Waals surface area contributed by atoms with Crippen LogP contribution in [0.2, 0.25) is 5.02 Å². The molecule has 2 rings (SSSR count). The normalized spacial score (nSPS) is 12.1. The van der Waals surface area contributed by atoms with Crippen LogP contribution in [0.4, 0.5) is 4.39 Å². The third-order valence-electron chi connectivity index (χ3n) is 2.59. The van der Waals surface area contributed by atoms with Gasteiger partial charge in [0.2, 0.25) is 0 Å². The van der Waals surface area contributed by atoms with Gasteiger partial charge in [-0.1, -0.05) is 48.0 Å². The molecule has 0 aliphatic carbocycles. The van der Waals surface area contributed by atoms with Crippen LogP contribution in [0.3, 0.4) is 0 Å². The first-order valence-corrected chi connectivity index (χ1v) is 5.55. The van der Waals surface area contributed by atoms with Gasteiger partial charge in [-0.2, -0.15) is 0 Å². The van der Waals surface area contributed by atoms with Gasteiger partial charge in [0, 0.05) is 10.6 Å². The largest absolute Gasteiger partial charge is 0.302 e. The molecule has 0 radical (unpaired) electrons. The van der Waals surface area contributed by atoms with E-state index in [-0.39, 0.29) is 0 Å². The molecule has 0 aliphatic rings. The second kappa shape index (κ2) is 5.11. The lowest BCUT2D eigenvalue weighted by atomic mass is 9.92. The molecular formula is C14H10ClFO. The van der Waals surface area contributed by atoms with Gasteiger partial charge in [0.15, 0.2) is 0 Å². The van der Waals surface area contributed by atoms with Crippen LogP contribution < -0.4 is 0 Å². The van der Waals surface area contributed by atoms with E-state index in [1.165, 1.54) is 6.07 Å². The quantitative estimate of drug-likeness (QED) is 0.755. The van der Waals surface area contributed by atoms with E-state index in [9.17, 15) is 9.18 Å². The SMILES string of the molecule is O=CC(c1ccccc1)c1ccc(Cl)cc1F. The van der Waals surface area contributed by atoms with Gasteiger partial charge in [-0.25, -0.2) is 4.39 Å². The molecule has 0 amide bonds. The summed E-state index contributed by atoms with van der Waals surface area (Å²) >= 11 is 5.68. The third-order valence-corrected chi connectivity index (χ3v) is 2.83. The van der Waals surface area contributed by atoms with Crippen molar-refractivity contribution in [2.75, 3.05) is 0 Å². The van der Waals surface area contributed by atoms with Gasteiger partial charge in [0.25, 0.3) is 0 Å². The standard InChI is InChI=1S/C14H10ClFO/c15-11-6-7-12(14(16)8-11)13(9-17)10-4-2-1-3-5-10/h1-9,13H. The van der Waals surface area contributed by atoms with Gasteiger partial charge in [0.1, 0.15) is 12.1 Å². The topological polar surface area (TPSA) is 17.1 Å². The van der Waals surface area contributed by atoms with Crippen LogP contribution in [-0.2, 0) is 4.79 Å². The fourth-order valence-corrected chi connectivity index (χ4v) is 1.90. The number of hydrogen-bond acceptors (Lipinski definition) is 1. The minimum atomic E-state index is -0.589. The zero-order valence-electron chi connectivity index (χ0n) is 8.94. The smallest absolute Gasteiger partial charge is 0.131 e. The predicted octanol–water partition coefficient (Wildman–Crippen LogP) is 3.81. The van der Waals surface area contributed by atoms with Gasteiger partial charge >= 0.3 is 0 Å². The molecule has 0 saturated carbocycles. The van der Waals surface area contributed by atoms with Gasteiger partial charge in [-0.15, -0.1) is 0 Å². The Bertz CT molecular complexity index is 525.